The molecule has 0 fully saturated rings. The fraction of sp³-hybridized carbons (Fsp3) is 0.364. The van der Waals surface area contributed by atoms with E-state index in [1.807, 2.05) is 18.2 Å². The molecular weight excluding hydrogens is 214 g/mol. The lowest BCUT2D eigenvalue weighted by Crippen LogP contribution is -2.32. The van der Waals surface area contributed by atoms with Gasteiger partial charge in [0.2, 0.25) is 0 Å². The van der Waals surface area contributed by atoms with Gasteiger partial charge in [-0.05, 0) is 30.0 Å². The van der Waals surface area contributed by atoms with E-state index in [1.165, 1.54) is 0 Å². The van der Waals surface area contributed by atoms with Crippen molar-refractivity contribution in [2.24, 2.45) is 11.7 Å². The lowest BCUT2D eigenvalue weighted by Gasteiger charge is -2.28. The van der Waals surface area contributed by atoms with E-state index in [9.17, 15) is 4.79 Å². The average molecular weight is 226 g/mol. The number of hydrogen-bond donors (Lipinski definition) is 2. The van der Waals surface area contributed by atoms with Crippen molar-refractivity contribution in [1.29, 1.82) is 0 Å². The number of carbonyl (C=O) groups is 1. The Labute approximate surface area is 92.8 Å². The molecule has 0 bridgehead atoms. The topological polar surface area (TPSA) is 63.3 Å². The molecule has 4 heteroatoms. The van der Waals surface area contributed by atoms with Crippen LogP contribution < -0.4 is 5.73 Å². The second-order valence-corrected chi connectivity index (χ2v) is 4.22. The molecule has 0 amide bonds. The zero-order chi connectivity index (χ0) is 11.0. The molecule has 2 atom stereocenters. The Morgan fingerprint density at radius 1 is 1.53 bits per heavy atom. The second kappa shape index (κ2) is 3.83. The molecule has 1 aliphatic rings. The number of halogens is 1. The standard InChI is InChI=1S/C11H12ClNO2/c12-9-3-1-2-7-6(9)4-5-8(10(7)13)11(14)15/h1-3,8,10H,4-5,13H2,(H,14,15). The molecule has 0 saturated heterocycles. The van der Waals surface area contributed by atoms with Crippen molar-refractivity contribution in [3.63, 3.8) is 0 Å². The van der Waals surface area contributed by atoms with Gasteiger partial charge in [-0.25, -0.2) is 0 Å². The highest BCUT2D eigenvalue weighted by atomic mass is 35.5. The molecule has 0 aliphatic heterocycles. The first-order chi connectivity index (χ1) is 7.11. The number of carboxylic acid groups (broad SMARTS) is 1. The van der Waals surface area contributed by atoms with Crippen molar-refractivity contribution < 1.29 is 9.90 Å². The smallest absolute Gasteiger partial charge is 0.308 e. The summed E-state index contributed by atoms with van der Waals surface area (Å²) in [5, 5.41) is 9.68. The molecule has 3 nitrogen and oxygen atoms in total. The Hall–Kier alpha value is -1.06. The molecule has 80 valence electrons. The number of rotatable bonds is 1. The van der Waals surface area contributed by atoms with Crippen molar-refractivity contribution in [3.05, 3.63) is 34.3 Å². The molecule has 15 heavy (non-hydrogen) atoms. The maximum atomic E-state index is 10.9. The summed E-state index contributed by atoms with van der Waals surface area (Å²) >= 11 is 6.03. The predicted octanol–water partition coefficient (Wildman–Crippen LogP) is 1.99. The van der Waals surface area contributed by atoms with Gasteiger partial charge >= 0.3 is 5.97 Å². The number of aliphatic carboxylic acids is 1. The van der Waals surface area contributed by atoms with Crippen LogP contribution in [0.5, 0.6) is 0 Å². The van der Waals surface area contributed by atoms with E-state index >= 15 is 0 Å². The molecule has 2 rings (SSSR count). The molecule has 0 saturated carbocycles. The molecule has 2 unspecified atom stereocenters. The van der Waals surface area contributed by atoms with Crippen LogP contribution in [-0.2, 0) is 11.2 Å². The van der Waals surface area contributed by atoms with Gasteiger partial charge in [-0.2, -0.15) is 0 Å². The number of carboxylic acids is 1. The monoisotopic (exact) mass is 225 g/mol. The second-order valence-electron chi connectivity index (χ2n) is 3.82. The highest BCUT2D eigenvalue weighted by Gasteiger charge is 2.32. The van der Waals surface area contributed by atoms with Gasteiger partial charge in [0.1, 0.15) is 0 Å². The highest BCUT2D eigenvalue weighted by molar-refractivity contribution is 6.31. The molecule has 1 aromatic carbocycles. The van der Waals surface area contributed by atoms with Crippen LogP contribution in [0.15, 0.2) is 18.2 Å². The molecular formula is C11H12ClNO2. The summed E-state index contributed by atoms with van der Waals surface area (Å²) in [5.41, 5.74) is 7.80. The normalized spacial score (nSPS) is 24.7. The zero-order valence-corrected chi connectivity index (χ0v) is 8.87. The predicted molar refractivity (Wildman–Crippen MR) is 57.8 cm³/mol. The minimum Gasteiger partial charge on any atom is -0.481 e. The fourth-order valence-corrected chi connectivity index (χ4v) is 2.40. The molecule has 0 spiro atoms. The summed E-state index contributed by atoms with van der Waals surface area (Å²) in [6.07, 6.45) is 1.26. The number of fused-ring (bicyclic) bond motifs is 1. The summed E-state index contributed by atoms with van der Waals surface area (Å²) in [6, 6.07) is 5.05. The van der Waals surface area contributed by atoms with Crippen molar-refractivity contribution >= 4 is 17.6 Å². The first-order valence-electron chi connectivity index (χ1n) is 4.87. The summed E-state index contributed by atoms with van der Waals surface area (Å²) < 4.78 is 0. The van der Waals surface area contributed by atoms with Gasteiger partial charge in [0.05, 0.1) is 5.92 Å². The van der Waals surface area contributed by atoms with E-state index in [2.05, 4.69) is 0 Å². The van der Waals surface area contributed by atoms with Crippen LogP contribution >= 0.6 is 11.6 Å². The Morgan fingerprint density at radius 2 is 2.27 bits per heavy atom. The SMILES string of the molecule is NC1c2cccc(Cl)c2CCC1C(=O)O. The first-order valence-corrected chi connectivity index (χ1v) is 5.24. The Morgan fingerprint density at radius 3 is 2.93 bits per heavy atom. The van der Waals surface area contributed by atoms with E-state index in [0.29, 0.717) is 17.9 Å². The first kappa shape index (κ1) is 10.5. The van der Waals surface area contributed by atoms with Crippen molar-refractivity contribution in [2.45, 2.75) is 18.9 Å². The molecule has 0 heterocycles. The van der Waals surface area contributed by atoms with Crippen molar-refractivity contribution in [1.82, 2.24) is 0 Å². The molecule has 1 aromatic rings. The maximum Gasteiger partial charge on any atom is 0.308 e. The zero-order valence-electron chi connectivity index (χ0n) is 8.11. The Balaban J connectivity index is 2.42. The minimum absolute atomic E-state index is 0.440. The van der Waals surface area contributed by atoms with Crippen molar-refractivity contribution in [3.8, 4) is 0 Å². The van der Waals surface area contributed by atoms with Crippen LogP contribution in [-0.4, -0.2) is 11.1 Å². The number of nitrogens with two attached hydrogens (primary N) is 1. The lowest BCUT2D eigenvalue weighted by molar-refractivity contribution is -0.143. The van der Waals surface area contributed by atoms with Crippen LogP contribution in [0.1, 0.15) is 23.6 Å². The van der Waals surface area contributed by atoms with E-state index in [0.717, 1.165) is 11.1 Å². The third-order valence-corrected chi connectivity index (χ3v) is 3.32. The van der Waals surface area contributed by atoms with Gasteiger partial charge in [-0.1, -0.05) is 23.7 Å². The Bertz CT molecular complexity index is 406. The van der Waals surface area contributed by atoms with Crippen LogP contribution in [0.2, 0.25) is 5.02 Å². The molecule has 0 radical (unpaired) electrons. The average Bonchev–Trinajstić information content (AvgIpc) is 2.19. The largest absolute Gasteiger partial charge is 0.481 e. The third kappa shape index (κ3) is 1.73. The molecule has 3 N–H and O–H groups in total. The Kier molecular flexibility index (Phi) is 2.67. The van der Waals surface area contributed by atoms with Crippen LogP contribution in [0.4, 0.5) is 0 Å². The van der Waals surface area contributed by atoms with Gasteiger partial charge in [0, 0.05) is 11.1 Å². The summed E-state index contributed by atoms with van der Waals surface area (Å²) in [6.45, 7) is 0. The van der Waals surface area contributed by atoms with Gasteiger partial charge in [-0.15, -0.1) is 0 Å². The van der Waals surface area contributed by atoms with E-state index in [-0.39, 0.29) is 0 Å². The van der Waals surface area contributed by atoms with Gasteiger partial charge in [0.15, 0.2) is 0 Å². The van der Waals surface area contributed by atoms with Crippen LogP contribution in [0.25, 0.3) is 0 Å². The van der Waals surface area contributed by atoms with E-state index < -0.39 is 17.9 Å². The third-order valence-electron chi connectivity index (χ3n) is 2.97. The van der Waals surface area contributed by atoms with Crippen LogP contribution in [0, 0.1) is 5.92 Å². The highest BCUT2D eigenvalue weighted by Crippen LogP contribution is 2.36. The van der Waals surface area contributed by atoms with Crippen molar-refractivity contribution in [2.75, 3.05) is 0 Å². The number of benzene rings is 1. The van der Waals surface area contributed by atoms with E-state index in [4.69, 9.17) is 22.4 Å². The summed E-state index contributed by atoms with van der Waals surface area (Å²) in [5.74, 6) is -1.32. The quantitative estimate of drug-likeness (QED) is 0.768. The fourth-order valence-electron chi connectivity index (χ4n) is 2.12. The maximum absolute atomic E-state index is 10.9. The van der Waals surface area contributed by atoms with Gasteiger partial charge < -0.3 is 10.8 Å². The molecule has 0 aromatic heterocycles. The number of hydrogen-bond acceptors (Lipinski definition) is 2. The molecule has 1 aliphatic carbocycles. The van der Waals surface area contributed by atoms with Gasteiger partial charge in [0.25, 0.3) is 0 Å². The minimum atomic E-state index is -0.826. The summed E-state index contributed by atoms with van der Waals surface area (Å²) in [4.78, 5) is 10.9. The summed E-state index contributed by atoms with van der Waals surface area (Å²) in [7, 11) is 0. The van der Waals surface area contributed by atoms with E-state index in [1.54, 1.807) is 0 Å². The van der Waals surface area contributed by atoms with Crippen LogP contribution in [0.3, 0.4) is 0 Å². The van der Waals surface area contributed by atoms with Gasteiger partial charge in [-0.3, -0.25) is 4.79 Å². The lowest BCUT2D eigenvalue weighted by atomic mass is 9.80.